The van der Waals surface area contributed by atoms with E-state index in [9.17, 15) is 14.7 Å². The summed E-state index contributed by atoms with van der Waals surface area (Å²) in [7, 11) is -0.345. The molecule has 6 heteroatoms. The third kappa shape index (κ3) is 3.65. The molecular weight excluding hydrogens is 239 g/mol. The third-order valence-electron chi connectivity index (χ3n) is 2.74. The van der Waals surface area contributed by atoms with Crippen molar-refractivity contribution < 1.29 is 14.7 Å². The van der Waals surface area contributed by atoms with Crippen LogP contribution >= 0.6 is 8.58 Å². The summed E-state index contributed by atoms with van der Waals surface area (Å²) in [6.45, 7) is 4.92. The maximum absolute atomic E-state index is 12.0. The molecule has 0 spiro atoms. The van der Waals surface area contributed by atoms with Gasteiger partial charge in [-0.05, 0) is 27.4 Å². The lowest BCUT2D eigenvalue weighted by atomic mass is 10.3. The molecular formula is C11H20N2O3P-. The molecule has 0 aromatic carbocycles. The summed E-state index contributed by atoms with van der Waals surface area (Å²) < 4.78 is 0. The van der Waals surface area contributed by atoms with Gasteiger partial charge in [0.2, 0.25) is 5.65 Å². The Morgan fingerprint density at radius 2 is 1.76 bits per heavy atom. The number of carbonyl (C=O) groups excluding carboxylic acids is 2. The molecule has 1 aliphatic heterocycles. The van der Waals surface area contributed by atoms with Gasteiger partial charge in [-0.2, -0.15) is 0 Å². The Morgan fingerprint density at radius 3 is 2.35 bits per heavy atom. The Kier molecular flexibility index (Phi) is 5.86. The molecule has 1 fully saturated rings. The summed E-state index contributed by atoms with van der Waals surface area (Å²) >= 11 is 0. The number of nitrogens with zero attached hydrogens (tertiary/aromatic N) is 2. The van der Waals surface area contributed by atoms with Gasteiger partial charge >= 0.3 is 6.03 Å². The quantitative estimate of drug-likeness (QED) is 0.683. The predicted octanol–water partition coefficient (Wildman–Crippen LogP) is 1.77. The second-order valence-electron chi connectivity index (χ2n) is 4.14. The summed E-state index contributed by atoms with van der Waals surface area (Å²) in [5, 5.41) is 11.7. The SMILES string of the molecule is CCCCN1C(=O)PC([O-])N(CCCC)C1=O. The Hall–Kier alpha value is -0.670. The Balaban J connectivity index is 2.65. The minimum atomic E-state index is -1.17. The van der Waals surface area contributed by atoms with Crippen molar-refractivity contribution in [1.82, 2.24) is 9.80 Å². The molecule has 1 heterocycles. The zero-order valence-electron chi connectivity index (χ0n) is 10.4. The zero-order valence-corrected chi connectivity index (χ0v) is 11.4. The molecule has 0 radical (unpaired) electrons. The summed E-state index contributed by atoms with van der Waals surface area (Å²) in [6.07, 6.45) is 3.47. The fourth-order valence-corrected chi connectivity index (χ4v) is 2.63. The van der Waals surface area contributed by atoms with E-state index in [-0.39, 0.29) is 14.2 Å². The molecule has 1 aliphatic rings. The number of unbranched alkanes of at least 4 members (excludes halogenated alkanes) is 2. The topological polar surface area (TPSA) is 63.7 Å². The standard InChI is InChI=1S/C11H20N2O3P/c1-3-5-7-12-9(14)13(8-6-4-2)11(16)17-10(12)15/h10,17H,3-8H2,1-2H3/q-1. The molecule has 0 bridgehead atoms. The normalized spacial score (nSPS) is 22.6. The largest absolute Gasteiger partial charge is 0.832 e. The zero-order chi connectivity index (χ0) is 12.8. The lowest BCUT2D eigenvalue weighted by Gasteiger charge is -2.43. The smallest absolute Gasteiger partial charge is 0.326 e. The van der Waals surface area contributed by atoms with Crippen LogP contribution in [-0.2, 0) is 0 Å². The van der Waals surface area contributed by atoms with Crippen molar-refractivity contribution in [3.63, 3.8) is 0 Å². The minimum absolute atomic E-state index is 0.295. The molecule has 3 amide bonds. The molecule has 2 atom stereocenters. The molecule has 0 saturated carbocycles. The van der Waals surface area contributed by atoms with Crippen LogP contribution < -0.4 is 5.11 Å². The van der Waals surface area contributed by atoms with Crippen LogP contribution in [-0.4, -0.2) is 40.5 Å². The first-order chi connectivity index (χ1) is 8.11. The Labute approximate surface area is 104 Å². The van der Waals surface area contributed by atoms with Gasteiger partial charge in [-0.25, -0.2) is 4.79 Å². The van der Waals surface area contributed by atoms with Gasteiger partial charge in [0.1, 0.15) is 0 Å². The lowest BCUT2D eigenvalue weighted by molar-refractivity contribution is -0.416. The van der Waals surface area contributed by atoms with E-state index in [1.165, 1.54) is 9.80 Å². The third-order valence-corrected chi connectivity index (χ3v) is 3.82. The van der Waals surface area contributed by atoms with Crippen molar-refractivity contribution in [3.05, 3.63) is 0 Å². The Morgan fingerprint density at radius 1 is 1.18 bits per heavy atom. The molecule has 0 aliphatic carbocycles. The van der Waals surface area contributed by atoms with Crippen LogP contribution in [0.4, 0.5) is 9.59 Å². The number of urea groups is 1. The second-order valence-corrected chi connectivity index (χ2v) is 5.35. The van der Waals surface area contributed by atoms with E-state index in [1.54, 1.807) is 0 Å². The van der Waals surface area contributed by atoms with Gasteiger partial charge in [0.05, 0.1) is 0 Å². The maximum atomic E-state index is 12.0. The van der Waals surface area contributed by atoms with Crippen molar-refractivity contribution in [3.8, 4) is 0 Å². The second kappa shape index (κ2) is 6.92. The van der Waals surface area contributed by atoms with E-state index >= 15 is 0 Å². The van der Waals surface area contributed by atoms with Crippen LogP contribution in [0.25, 0.3) is 0 Å². The fraction of sp³-hybridized carbons (Fsp3) is 0.818. The number of carbonyl (C=O) groups is 2. The first kappa shape index (κ1) is 14.4. The number of rotatable bonds is 6. The van der Waals surface area contributed by atoms with Crippen molar-refractivity contribution >= 4 is 20.3 Å². The van der Waals surface area contributed by atoms with Crippen molar-refractivity contribution in [2.75, 3.05) is 13.1 Å². The van der Waals surface area contributed by atoms with Crippen LogP contribution in [0.5, 0.6) is 0 Å². The first-order valence-electron chi connectivity index (χ1n) is 6.16. The molecule has 5 nitrogen and oxygen atoms in total. The predicted molar refractivity (Wildman–Crippen MR) is 66.1 cm³/mol. The molecule has 1 rings (SSSR count). The highest BCUT2D eigenvalue weighted by molar-refractivity contribution is 7.58. The summed E-state index contributed by atoms with van der Waals surface area (Å²) in [5.41, 5.74) is -0.295. The number of amides is 3. The summed E-state index contributed by atoms with van der Waals surface area (Å²) in [6, 6.07) is -0.393. The van der Waals surface area contributed by atoms with Crippen LogP contribution in [0.1, 0.15) is 39.5 Å². The van der Waals surface area contributed by atoms with Crippen molar-refractivity contribution in [2.45, 2.75) is 45.5 Å². The maximum Gasteiger partial charge on any atom is 0.326 e. The van der Waals surface area contributed by atoms with E-state index in [0.717, 1.165) is 25.7 Å². The highest BCUT2D eigenvalue weighted by atomic mass is 31.1. The highest BCUT2D eigenvalue weighted by Crippen LogP contribution is 2.29. The van der Waals surface area contributed by atoms with Gasteiger partial charge in [-0.3, -0.25) is 9.69 Å². The van der Waals surface area contributed by atoms with E-state index in [0.29, 0.717) is 13.1 Å². The van der Waals surface area contributed by atoms with Gasteiger partial charge in [0.15, 0.2) is 0 Å². The van der Waals surface area contributed by atoms with Crippen LogP contribution in [0.2, 0.25) is 0 Å². The minimum Gasteiger partial charge on any atom is -0.832 e. The van der Waals surface area contributed by atoms with Gasteiger partial charge < -0.3 is 10.0 Å². The summed E-state index contributed by atoms with van der Waals surface area (Å²) in [5.74, 6) is -1.17. The van der Waals surface area contributed by atoms with Crippen LogP contribution in [0.3, 0.4) is 0 Å². The van der Waals surface area contributed by atoms with E-state index in [4.69, 9.17) is 0 Å². The van der Waals surface area contributed by atoms with Crippen molar-refractivity contribution in [1.29, 1.82) is 0 Å². The van der Waals surface area contributed by atoms with Crippen LogP contribution in [0, 0.1) is 0 Å². The van der Waals surface area contributed by atoms with E-state index < -0.39 is 12.0 Å². The van der Waals surface area contributed by atoms with E-state index in [2.05, 4.69) is 0 Å². The molecule has 2 unspecified atom stereocenters. The molecule has 0 aromatic heterocycles. The fourth-order valence-electron chi connectivity index (χ4n) is 1.66. The van der Waals surface area contributed by atoms with Gasteiger partial charge in [0, 0.05) is 13.1 Å². The van der Waals surface area contributed by atoms with Gasteiger partial charge in [-0.1, -0.05) is 26.7 Å². The van der Waals surface area contributed by atoms with E-state index in [1.807, 2.05) is 13.8 Å². The van der Waals surface area contributed by atoms with Crippen molar-refractivity contribution in [2.24, 2.45) is 0 Å². The molecule has 17 heavy (non-hydrogen) atoms. The number of imide groups is 1. The van der Waals surface area contributed by atoms with Gasteiger partial charge in [-0.15, -0.1) is 0 Å². The Bertz CT molecular complexity index is 286. The lowest BCUT2D eigenvalue weighted by Crippen LogP contribution is -2.57. The van der Waals surface area contributed by atoms with Gasteiger partial charge in [0.25, 0.3) is 0 Å². The molecule has 0 N–H and O–H groups in total. The first-order valence-corrected chi connectivity index (χ1v) is 7.24. The van der Waals surface area contributed by atoms with Crippen LogP contribution in [0.15, 0.2) is 0 Å². The molecule has 0 aromatic rings. The number of hydrogen-bond donors (Lipinski definition) is 0. The average Bonchev–Trinajstić information content (AvgIpc) is 2.28. The monoisotopic (exact) mass is 259 g/mol. The molecule has 1 saturated heterocycles. The average molecular weight is 259 g/mol. The summed E-state index contributed by atoms with van der Waals surface area (Å²) in [4.78, 5) is 26.2. The number of hydrogen-bond acceptors (Lipinski definition) is 3. The molecule has 98 valence electrons. The highest BCUT2D eigenvalue weighted by Gasteiger charge is 2.32.